The normalized spacial score (nSPS) is 15.3. The molecule has 1 saturated heterocycles. The molecule has 120 valence electrons. The van der Waals surface area contributed by atoms with Gasteiger partial charge in [-0.05, 0) is 30.2 Å². The first-order valence-corrected chi connectivity index (χ1v) is 8.17. The molecule has 1 aromatic carbocycles. The second-order valence-corrected chi connectivity index (χ2v) is 6.29. The Hall–Kier alpha value is -1.84. The Morgan fingerprint density at radius 2 is 1.64 bits per heavy atom. The third-order valence-corrected chi connectivity index (χ3v) is 4.09. The van der Waals surface area contributed by atoms with Gasteiger partial charge >= 0.3 is 0 Å². The van der Waals surface area contributed by atoms with E-state index >= 15 is 0 Å². The first kappa shape index (κ1) is 16.5. The largest absolute Gasteiger partial charge is 0.368 e. The molecule has 1 heterocycles. The first-order chi connectivity index (χ1) is 10.5. The Morgan fingerprint density at radius 3 is 2.14 bits per heavy atom. The minimum Gasteiger partial charge on any atom is -0.368 e. The zero-order valence-electron chi connectivity index (χ0n) is 13.8. The Balaban J connectivity index is 1.91. The number of anilines is 1. The van der Waals surface area contributed by atoms with E-state index in [1.807, 2.05) is 36.1 Å². The quantitative estimate of drug-likeness (QED) is 0.785. The zero-order chi connectivity index (χ0) is 16.1. The van der Waals surface area contributed by atoms with Gasteiger partial charge in [0.25, 0.3) is 0 Å². The second-order valence-electron chi connectivity index (χ2n) is 6.29. The van der Waals surface area contributed by atoms with Gasteiger partial charge in [-0.15, -0.1) is 0 Å². The summed E-state index contributed by atoms with van der Waals surface area (Å²) >= 11 is 0. The molecule has 4 nitrogen and oxygen atoms in total. The van der Waals surface area contributed by atoms with Gasteiger partial charge in [0.05, 0.1) is 0 Å². The van der Waals surface area contributed by atoms with Crippen LogP contribution in [0.4, 0.5) is 5.69 Å². The topological polar surface area (TPSA) is 40.6 Å². The van der Waals surface area contributed by atoms with E-state index < -0.39 is 0 Å². The summed E-state index contributed by atoms with van der Waals surface area (Å²) in [6.45, 7) is 9.29. The van der Waals surface area contributed by atoms with Crippen LogP contribution in [0.2, 0.25) is 0 Å². The Bertz CT molecular complexity index is 514. The van der Waals surface area contributed by atoms with Crippen molar-refractivity contribution in [3.63, 3.8) is 0 Å². The molecule has 0 bridgehead atoms. The third kappa shape index (κ3) is 4.09. The number of carbonyl (C=O) groups is 2. The van der Waals surface area contributed by atoms with E-state index in [2.05, 4.69) is 18.7 Å². The lowest BCUT2D eigenvalue weighted by Crippen LogP contribution is -2.49. The van der Waals surface area contributed by atoms with Crippen molar-refractivity contribution in [1.29, 1.82) is 0 Å². The van der Waals surface area contributed by atoms with Crippen LogP contribution in [0.15, 0.2) is 24.3 Å². The molecule has 2 rings (SSSR count). The van der Waals surface area contributed by atoms with Crippen molar-refractivity contribution >= 4 is 17.4 Å². The van der Waals surface area contributed by atoms with Crippen molar-refractivity contribution in [1.82, 2.24) is 4.90 Å². The van der Waals surface area contributed by atoms with E-state index in [-0.39, 0.29) is 11.7 Å². The highest BCUT2D eigenvalue weighted by Crippen LogP contribution is 2.18. The van der Waals surface area contributed by atoms with E-state index in [0.29, 0.717) is 18.8 Å². The predicted molar refractivity (Wildman–Crippen MR) is 89.3 cm³/mol. The summed E-state index contributed by atoms with van der Waals surface area (Å²) in [5.41, 5.74) is 1.90. The van der Waals surface area contributed by atoms with Crippen LogP contribution < -0.4 is 4.90 Å². The van der Waals surface area contributed by atoms with Gasteiger partial charge < -0.3 is 9.80 Å². The number of hydrogen-bond acceptors (Lipinski definition) is 3. The number of carbonyl (C=O) groups excluding carboxylic acids is 2. The average molecular weight is 302 g/mol. The van der Waals surface area contributed by atoms with Crippen LogP contribution in [0.25, 0.3) is 0 Å². The number of ketones is 1. The SMILES string of the molecule is CCC(=O)c1ccc(N2CCN(C(=O)CC(C)C)CC2)cc1. The lowest BCUT2D eigenvalue weighted by atomic mass is 10.1. The highest BCUT2D eigenvalue weighted by atomic mass is 16.2. The maximum absolute atomic E-state index is 12.1. The summed E-state index contributed by atoms with van der Waals surface area (Å²) in [5, 5.41) is 0. The average Bonchev–Trinajstić information content (AvgIpc) is 2.54. The molecule has 0 aliphatic carbocycles. The number of piperazine rings is 1. The van der Waals surface area contributed by atoms with Crippen LogP contribution in [0.1, 0.15) is 44.0 Å². The molecule has 22 heavy (non-hydrogen) atoms. The smallest absolute Gasteiger partial charge is 0.222 e. The molecule has 0 aromatic heterocycles. The molecular formula is C18H26N2O2. The number of Topliss-reactive ketones (excluding diaryl/α,β-unsaturated/α-hetero) is 1. The molecule has 0 saturated carbocycles. The van der Waals surface area contributed by atoms with Crippen LogP contribution >= 0.6 is 0 Å². The number of nitrogens with zero attached hydrogens (tertiary/aromatic N) is 2. The molecular weight excluding hydrogens is 276 g/mol. The molecule has 0 N–H and O–H groups in total. The van der Waals surface area contributed by atoms with Crippen molar-refractivity contribution < 1.29 is 9.59 Å². The van der Waals surface area contributed by atoms with Crippen molar-refractivity contribution in [2.75, 3.05) is 31.1 Å². The monoisotopic (exact) mass is 302 g/mol. The molecule has 1 aliphatic rings. The Kier molecular flexibility index (Phi) is 5.58. The van der Waals surface area contributed by atoms with Crippen molar-refractivity contribution in [2.24, 2.45) is 5.92 Å². The second kappa shape index (κ2) is 7.43. The van der Waals surface area contributed by atoms with Crippen molar-refractivity contribution in [2.45, 2.75) is 33.6 Å². The number of hydrogen-bond donors (Lipinski definition) is 0. The summed E-state index contributed by atoms with van der Waals surface area (Å²) in [6, 6.07) is 7.82. The first-order valence-electron chi connectivity index (χ1n) is 8.17. The fraction of sp³-hybridized carbons (Fsp3) is 0.556. The molecule has 1 aromatic rings. The van der Waals surface area contributed by atoms with Crippen LogP contribution in [0.5, 0.6) is 0 Å². The van der Waals surface area contributed by atoms with Gasteiger partial charge in [-0.1, -0.05) is 20.8 Å². The summed E-state index contributed by atoms with van der Waals surface area (Å²) in [5.74, 6) is 0.850. The van der Waals surface area contributed by atoms with Crippen LogP contribution in [-0.2, 0) is 4.79 Å². The van der Waals surface area contributed by atoms with Crippen LogP contribution in [0.3, 0.4) is 0 Å². The Labute approximate surface area is 133 Å². The zero-order valence-corrected chi connectivity index (χ0v) is 13.8. The maximum atomic E-state index is 12.1. The third-order valence-electron chi connectivity index (χ3n) is 4.09. The highest BCUT2D eigenvalue weighted by Gasteiger charge is 2.21. The molecule has 0 atom stereocenters. The minimum atomic E-state index is 0.177. The maximum Gasteiger partial charge on any atom is 0.222 e. The number of benzene rings is 1. The van der Waals surface area contributed by atoms with Crippen LogP contribution in [0, 0.1) is 5.92 Å². The number of amides is 1. The molecule has 1 fully saturated rings. The Morgan fingerprint density at radius 1 is 1.05 bits per heavy atom. The summed E-state index contributed by atoms with van der Waals surface area (Å²) in [6.07, 6.45) is 1.17. The fourth-order valence-electron chi connectivity index (χ4n) is 2.75. The molecule has 1 aliphatic heterocycles. The van der Waals surface area contributed by atoms with Crippen molar-refractivity contribution in [3.05, 3.63) is 29.8 Å². The van der Waals surface area contributed by atoms with E-state index in [9.17, 15) is 9.59 Å². The molecule has 1 amide bonds. The van der Waals surface area contributed by atoms with Crippen molar-refractivity contribution in [3.8, 4) is 0 Å². The standard InChI is InChI=1S/C18H26N2O2/c1-4-17(21)15-5-7-16(8-6-15)19-9-11-20(12-10-19)18(22)13-14(2)3/h5-8,14H,4,9-13H2,1-3H3. The number of rotatable bonds is 5. The van der Waals surface area contributed by atoms with Gasteiger partial charge in [0, 0.05) is 50.3 Å². The molecule has 0 spiro atoms. The van der Waals surface area contributed by atoms with Gasteiger partial charge in [-0.2, -0.15) is 0 Å². The summed E-state index contributed by atoms with van der Waals surface area (Å²) in [7, 11) is 0. The summed E-state index contributed by atoms with van der Waals surface area (Å²) in [4.78, 5) is 28.0. The lowest BCUT2D eigenvalue weighted by Gasteiger charge is -2.36. The van der Waals surface area contributed by atoms with E-state index in [1.54, 1.807) is 0 Å². The van der Waals surface area contributed by atoms with Gasteiger partial charge in [-0.25, -0.2) is 0 Å². The molecule has 0 unspecified atom stereocenters. The van der Waals surface area contributed by atoms with Gasteiger partial charge in [0.2, 0.25) is 5.91 Å². The summed E-state index contributed by atoms with van der Waals surface area (Å²) < 4.78 is 0. The van der Waals surface area contributed by atoms with E-state index in [4.69, 9.17) is 0 Å². The molecule has 0 radical (unpaired) electrons. The van der Waals surface area contributed by atoms with E-state index in [1.165, 1.54) is 0 Å². The van der Waals surface area contributed by atoms with E-state index in [0.717, 1.165) is 37.4 Å². The lowest BCUT2D eigenvalue weighted by molar-refractivity contribution is -0.132. The highest BCUT2D eigenvalue weighted by molar-refractivity contribution is 5.96. The van der Waals surface area contributed by atoms with Crippen LogP contribution in [-0.4, -0.2) is 42.8 Å². The fourth-order valence-corrected chi connectivity index (χ4v) is 2.75. The predicted octanol–water partition coefficient (Wildman–Crippen LogP) is 2.97. The van der Waals surface area contributed by atoms with Gasteiger partial charge in [-0.3, -0.25) is 9.59 Å². The van der Waals surface area contributed by atoms with Gasteiger partial charge in [0.15, 0.2) is 5.78 Å². The van der Waals surface area contributed by atoms with Gasteiger partial charge in [0.1, 0.15) is 0 Å². The molecule has 4 heteroatoms. The minimum absolute atomic E-state index is 0.177.